The average Bonchev–Trinajstić information content (AvgIpc) is 3.06. The van der Waals surface area contributed by atoms with Gasteiger partial charge in [0.05, 0.1) is 6.54 Å². The normalized spacial score (nSPS) is 15.1. The monoisotopic (exact) mass is 221 g/mol. The van der Waals surface area contributed by atoms with Gasteiger partial charge in [0, 0.05) is 5.56 Å². The van der Waals surface area contributed by atoms with Gasteiger partial charge < -0.3 is 5.32 Å². The Morgan fingerprint density at radius 1 is 1.50 bits per heavy atom. The van der Waals surface area contributed by atoms with E-state index in [-0.39, 0.29) is 11.6 Å². The maximum Gasteiger partial charge on any atom is 0.176 e. The van der Waals surface area contributed by atoms with Crippen LogP contribution in [-0.2, 0) is 0 Å². The molecule has 1 aromatic rings. The van der Waals surface area contributed by atoms with Crippen LogP contribution in [0.15, 0.2) is 18.2 Å². The Balaban J connectivity index is 1.88. The zero-order chi connectivity index (χ0) is 11.5. The van der Waals surface area contributed by atoms with Crippen LogP contribution < -0.4 is 5.32 Å². The Morgan fingerprint density at radius 2 is 2.25 bits per heavy atom. The van der Waals surface area contributed by atoms with Crippen molar-refractivity contribution in [3.63, 3.8) is 0 Å². The molecule has 3 heteroatoms. The van der Waals surface area contributed by atoms with Crippen molar-refractivity contribution in [3.05, 3.63) is 35.1 Å². The summed E-state index contributed by atoms with van der Waals surface area (Å²) in [6, 6.07) is 4.50. The minimum absolute atomic E-state index is 0.0313. The lowest BCUT2D eigenvalue weighted by Crippen LogP contribution is -2.25. The Hall–Kier alpha value is -1.22. The fourth-order valence-electron chi connectivity index (χ4n) is 1.63. The molecule has 0 bridgehead atoms. The number of halogens is 1. The Bertz CT molecular complexity index is 399. The molecule has 0 aliphatic heterocycles. The number of carbonyl (C=O) groups excluding carboxylic acids is 1. The minimum Gasteiger partial charge on any atom is -0.309 e. The van der Waals surface area contributed by atoms with Crippen LogP contribution in [0.25, 0.3) is 0 Å². The molecule has 1 N–H and O–H groups in total. The Morgan fingerprint density at radius 3 is 2.88 bits per heavy atom. The molecule has 16 heavy (non-hydrogen) atoms. The number of carbonyl (C=O) groups is 1. The van der Waals surface area contributed by atoms with Crippen LogP contribution in [0, 0.1) is 18.7 Å². The first kappa shape index (κ1) is 11.3. The topological polar surface area (TPSA) is 29.1 Å². The average molecular weight is 221 g/mol. The summed E-state index contributed by atoms with van der Waals surface area (Å²) in [6.45, 7) is 2.94. The quantitative estimate of drug-likeness (QED) is 0.773. The van der Waals surface area contributed by atoms with E-state index < -0.39 is 0 Å². The standard InChI is InChI=1S/C13H16FNO/c1-9-6-11(4-5-12(9)14)13(16)8-15-7-10-2-3-10/h4-6,10,15H,2-3,7-8H2,1H3. The molecule has 0 amide bonds. The van der Waals surface area contributed by atoms with Crippen molar-refractivity contribution < 1.29 is 9.18 Å². The summed E-state index contributed by atoms with van der Waals surface area (Å²) in [7, 11) is 0. The Labute approximate surface area is 94.9 Å². The summed E-state index contributed by atoms with van der Waals surface area (Å²) in [5, 5.41) is 3.14. The fourth-order valence-corrected chi connectivity index (χ4v) is 1.63. The maximum atomic E-state index is 13.0. The smallest absolute Gasteiger partial charge is 0.176 e. The van der Waals surface area contributed by atoms with Gasteiger partial charge in [-0.25, -0.2) is 4.39 Å². The summed E-state index contributed by atoms with van der Waals surface area (Å²) in [4.78, 5) is 11.7. The SMILES string of the molecule is Cc1cc(C(=O)CNCC2CC2)ccc1F. The molecule has 2 nitrogen and oxygen atoms in total. The van der Waals surface area contributed by atoms with E-state index in [0.29, 0.717) is 17.7 Å². The number of benzene rings is 1. The molecule has 0 atom stereocenters. The lowest BCUT2D eigenvalue weighted by molar-refractivity contribution is 0.0991. The van der Waals surface area contributed by atoms with Crippen molar-refractivity contribution in [2.75, 3.05) is 13.1 Å². The molecule has 0 spiro atoms. The third kappa shape index (κ3) is 2.89. The Kier molecular flexibility index (Phi) is 3.34. The van der Waals surface area contributed by atoms with E-state index in [4.69, 9.17) is 0 Å². The zero-order valence-electron chi connectivity index (χ0n) is 9.42. The van der Waals surface area contributed by atoms with E-state index in [9.17, 15) is 9.18 Å². The van der Waals surface area contributed by atoms with Crippen LogP contribution in [0.2, 0.25) is 0 Å². The van der Waals surface area contributed by atoms with Crippen molar-refractivity contribution in [1.29, 1.82) is 0 Å². The van der Waals surface area contributed by atoms with Gasteiger partial charge in [-0.3, -0.25) is 4.79 Å². The van der Waals surface area contributed by atoms with Crippen molar-refractivity contribution in [1.82, 2.24) is 5.32 Å². The number of hydrogen-bond donors (Lipinski definition) is 1. The van der Waals surface area contributed by atoms with Gasteiger partial charge in [0.25, 0.3) is 0 Å². The molecule has 0 heterocycles. The first-order valence-corrected chi connectivity index (χ1v) is 5.67. The van der Waals surface area contributed by atoms with E-state index in [1.807, 2.05) is 0 Å². The molecule has 86 valence electrons. The van der Waals surface area contributed by atoms with Crippen LogP contribution in [0.5, 0.6) is 0 Å². The molecule has 2 rings (SSSR count). The van der Waals surface area contributed by atoms with Gasteiger partial charge in [-0.2, -0.15) is 0 Å². The van der Waals surface area contributed by atoms with Crippen LogP contribution in [0.1, 0.15) is 28.8 Å². The number of rotatable bonds is 5. The van der Waals surface area contributed by atoms with Crippen LogP contribution in [0.3, 0.4) is 0 Å². The van der Waals surface area contributed by atoms with Crippen molar-refractivity contribution in [3.8, 4) is 0 Å². The summed E-state index contributed by atoms with van der Waals surface area (Å²) >= 11 is 0. The summed E-state index contributed by atoms with van der Waals surface area (Å²) in [5.41, 5.74) is 1.11. The molecule has 0 radical (unpaired) electrons. The number of Topliss-reactive ketones (excluding diaryl/α,β-unsaturated/α-hetero) is 1. The second-order valence-corrected chi connectivity index (χ2v) is 4.46. The van der Waals surface area contributed by atoms with E-state index in [1.165, 1.54) is 18.9 Å². The molecule has 0 unspecified atom stereocenters. The number of ketones is 1. The minimum atomic E-state index is -0.262. The lowest BCUT2D eigenvalue weighted by atomic mass is 10.1. The van der Waals surface area contributed by atoms with Gasteiger partial charge in [0.1, 0.15) is 5.82 Å². The highest BCUT2D eigenvalue weighted by Crippen LogP contribution is 2.27. The third-order valence-electron chi connectivity index (χ3n) is 2.90. The maximum absolute atomic E-state index is 13.0. The molecule has 1 fully saturated rings. The molecule has 1 saturated carbocycles. The largest absolute Gasteiger partial charge is 0.309 e. The van der Waals surface area contributed by atoms with Crippen LogP contribution in [-0.4, -0.2) is 18.9 Å². The molecule has 0 aromatic heterocycles. The van der Waals surface area contributed by atoms with Crippen molar-refractivity contribution in [2.45, 2.75) is 19.8 Å². The highest BCUT2D eigenvalue weighted by molar-refractivity contribution is 5.97. The first-order valence-electron chi connectivity index (χ1n) is 5.67. The molecule has 1 aromatic carbocycles. The number of nitrogens with one attached hydrogen (secondary N) is 1. The van der Waals surface area contributed by atoms with Gasteiger partial charge in [0.2, 0.25) is 0 Å². The van der Waals surface area contributed by atoms with E-state index in [0.717, 1.165) is 12.5 Å². The second kappa shape index (κ2) is 4.74. The summed E-state index contributed by atoms with van der Waals surface area (Å²) in [5.74, 6) is 0.536. The molecule has 0 saturated heterocycles. The number of aryl methyl sites for hydroxylation is 1. The zero-order valence-corrected chi connectivity index (χ0v) is 9.42. The summed E-state index contributed by atoms with van der Waals surface area (Å²) < 4.78 is 13.0. The predicted molar refractivity (Wildman–Crippen MR) is 61.1 cm³/mol. The lowest BCUT2D eigenvalue weighted by Gasteiger charge is -2.04. The predicted octanol–water partition coefficient (Wildman–Crippen LogP) is 2.32. The second-order valence-electron chi connectivity index (χ2n) is 4.46. The van der Waals surface area contributed by atoms with Crippen molar-refractivity contribution >= 4 is 5.78 Å². The van der Waals surface area contributed by atoms with E-state index in [1.54, 1.807) is 19.1 Å². The molecular formula is C13H16FNO. The highest BCUT2D eigenvalue weighted by Gasteiger charge is 2.20. The molecule has 1 aliphatic carbocycles. The van der Waals surface area contributed by atoms with Gasteiger partial charge >= 0.3 is 0 Å². The highest BCUT2D eigenvalue weighted by atomic mass is 19.1. The van der Waals surface area contributed by atoms with E-state index >= 15 is 0 Å². The van der Waals surface area contributed by atoms with E-state index in [2.05, 4.69) is 5.32 Å². The van der Waals surface area contributed by atoms with Gasteiger partial charge in [-0.15, -0.1) is 0 Å². The van der Waals surface area contributed by atoms with Crippen LogP contribution in [0.4, 0.5) is 4.39 Å². The fraction of sp³-hybridized carbons (Fsp3) is 0.462. The molecular weight excluding hydrogens is 205 g/mol. The summed E-state index contributed by atoms with van der Waals surface area (Å²) in [6.07, 6.45) is 2.55. The number of hydrogen-bond acceptors (Lipinski definition) is 2. The van der Waals surface area contributed by atoms with Crippen LogP contribution >= 0.6 is 0 Å². The first-order chi connectivity index (χ1) is 7.66. The third-order valence-corrected chi connectivity index (χ3v) is 2.90. The van der Waals surface area contributed by atoms with Gasteiger partial charge in [0.15, 0.2) is 5.78 Å². The van der Waals surface area contributed by atoms with Gasteiger partial charge in [-0.1, -0.05) is 0 Å². The van der Waals surface area contributed by atoms with Crippen molar-refractivity contribution in [2.24, 2.45) is 5.92 Å². The molecule has 1 aliphatic rings. The van der Waals surface area contributed by atoms with Gasteiger partial charge in [-0.05, 0) is 56.0 Å².